The Morgan fingerprint density at radius 2 is 1.79 bits per heavy atom. The van der Waals surface area contributed by atoms with E-state index in [-0.39, 0.29) is 23.7 Å². The molecule has 1 saturated carbocycles. The third-order valence-electron chi connectivity index (χ3n) is 4.79. The first-order valence-corrected chi connectivity index (χ1v) is 8.59. The molecule has 3 rings (SSSR count). The molecule has 0 unspecified atom stereocenters. The fourth-order valence-corrected chi connectivity index (χ4v) is 3.65. The smallest absolute Gasteiger partial charge is 0.225 e. The minimum absolute atomic E-state index is 0. The summed E-state index contributed by atoms with van der Waals surface area (Å²) in [5, 5.41) is 3.36. The van der Waals surface area contributed by atoms with Gasteiger partial charge in [0.15, 0.2) is 11.5 Å². The SMILES string of the molecule is Cl.NCC1(CC(=O)Nc2cc3c(cc2Cl)OCCO3)CCCCC1. The Balaban J connectivity index is 0.00000208. The van der Waals surface area contributed by atoms with E-state index in [0.29, 0.717) is 48.4 Å². The average molecular weight is 375 g/mol. The van der Waals surface area contributed by atoms with E-state index in [4.69, 9.17) is 26.8 Å². The van der Waals surface area contributed by atoms with Crippen molar-refractivity contribution in [1.29, 1.82) is 0 Å². The molecular formula is C17H24Cl2N2O3. The summed E-state index contributed by atoms with van der Waals surface area (Å²) in [5.74, 6) is 1.18. The fourth-order valence-electron chi connectivity index (χ4n) is 3.45. The number of halogens is 2. The highest BCUT2D eigenvalue weighted by Crippen LogP contribution is 2.40. The number of nitrogens with one attached hydrogen (secondary N) is 1. The van der Waals surface area contributed by atoms with Gasteiger partial charge in [0.2, 0.25) is 5.91 Å². The van der Waals surface area contributed by atoms with Crippen molar-refractivity contribution in [2.24, 2.45) is 11.1 Å². The maximum Gasteiger partial charge on any atom is 0.225 e. The van der Waals surface area contributed by atoms with Gasteiger partial charge in [-0.3, -0.25) is 4.79 Å². The minimum Gasteiger partial charge on any atom is -0.486 e. The van der Waals surface area contributed by atoms with Crippen molar-refractivity contribution in [3.8, 4) is 11.5 Å². The maximum absolute atomic E-state index is 12.5. The zero-order chi connectivity index (χ0) is 16.3. The van der Waals surface area contributed by atoms with Gasteiger partial charge < -0.3 is 20.5 Å². The fraction of sp³-hybridized carbons (Fsp3) is 0.588. The van der Waals surface area contributed by atoms with Gasteiger partial charge in [0.05, 0.1) is 10.7 Å². The molecule has 24 heavy (non-hydrogen) atoms. The number of ether oxygens (including phenoxy) is 2. The Morgan fingerprint density at radius 1 is 1.17 bits per heavy atom. The minimum atomic E-state index is -0.0668. The highest BCUT2D eigenvalue weighted by Gasteiger charge is 2.33. The Labute approximate surface area is 153 Å². The molecule has 0 spiro atoms. The molecule has 1 aromatic rings. The summed E-state index contributed by atoms with van der Waals surface area (Å²) < 4.78 is 11.0. The molecule has 7 heteroatoms. The number of benzene rings is 1. The Bertz CT molecular complexity index is 589. The summed E-state index contributed by atoms with van der Waals surface area (Å²) in [6.45, 7) is 1.56. The van der Waals surface area contributed by atoms with Crippen LogP contribution in [0.3, 0.4) is 0 Å². The van der Waals surface area contributed by atoms with E-state index < -0.39 is 0 Å². The van der Waals surface area contributed by atoms with Gasteiger partial charge in [0.25, 0.3) is 0 Å². The summed E-state index contributed by atoms with van der Waals surface area (Å²) in [7, 11) is 0. The predicted octanol–water partition coefficient (Wildman–Crippen LogP) is 3.77. The molecule has 1 heterocycles. The zero-order valence-electron chi connectivity index (χ0n) is 13.6. The van der Waals surface area contributed by atoms with E-state index >= 15 is 0 Å². The van der Waals surface area contributed by atoms with Crippen LogP contribution in [0.1, 0.15) is 38.5 Å². The van der Waals surface area contributed by atoms with E-state index in [2.05, 4.69) is 5.32 Å². The molecule has 0 bridgehead atoms. The van der Waals surface area contributed by atoms with Gasteiger partial charge in [-0.1, -0.05) is 30.9 Å². The zero-order valence-corrected chi connectivity index (χ0v) is 15.2. The van der Waals surface area contributed by atoms with Gasteiger partial charge in [-0.15, -0.1) is 12.4 Å². The van der Waals surface area contributed by atoms with Crippen molar-refractivity contribution in [3.63, 3.8) is 0 Å². The number of carbonyl (C=O) groups excluding carboxylic acids is 1. The van der Waals surface area contributed by atoms with Crippen LogP contribution in [0.4, 0.5) is 5.69 Å². The van der Waals surface area contributed by atoms with E-state index in [1.807, 2.05) is 0 Å². The van der Waals surface area contributed by atoms with Crippen molar-refractivity contribution in [2.45, 2.75) is 38.5 Å². The average Bonchev–Trinajstić information content (AvgIpc) is 2.56. The van der Waals surface area contributed by atoms with E-state index in [0.717, 1.165) is 25.7 Å². The Hall–Kier alpha value is -1.17. The summed E-state index contributed by atoms with van der Waals surface area (Å²) in [5.41, 5.74) is 6.45. The molecule has 1 aliphatic carbocycles. The molecule has 1 aliphatic heterocycles. The van der Waals surface area contributed by atoms with Gasteiger partial charge in [-0.05, 0) is 24.8 Å². The lowest BCUT2D eigenvalue weighted by molar-refractivity contribution is -0.118. The van der Waals surface area contributed by atoms with Crippen LogP contribution >= 0.6 is 24.0 Å². The van der Waals surface area contributed by atoms with Gasteiger partial charge in [0, 0.05) is 18.6 Å². The quantitative estimate of drug-likeness (QED) is 0.840. The van der Waals surface area contributed by atoms with Crippen molar-refractivity contribution >= 4 is 35.6 Å². The lowest BCUT2D eigenvalue weighted by atomic mass is 9.71. The van der Waals surface area contributed by atoms with Crippen molar-refractivity contribution in [2.75, 3.05) is 25.1 Å². The largest absolute Gasteiger partial charge is 0.486 e. The molecule has 0 atom stereocenters. The van der Waals surface area contributed by atoms with Crippen molar-refractivity contribution in [1.82, 2.24) is 0 Å². The molecule has 0 saturated heterocycles. The molecule has 134 valence electrons. The molecule has 2 aliphatic rings. The summed E-state index contributed by atoms with van der Waals surface area (Å²) in [6, 6.07) is 3.41. The van der Waals surface area contributed by atoms with Crippen LogP contribution in [0.25, 0.3) is 0 Å². The molecule has 1 amide bonds. The number of hydrogen-bond donors (Lipinski definition) is 2. The third-order valence-corrected chi connectivity index (χ3v) is 5.10. The van der Waals surface area contributed by atoms with Gasteiger partial charge in [-0.2, -0.15) is 0 Å². The first-order chi connectivity index (χ1) is 11.1. The second-order valence-corrected chi connectivity index (χ2v) is 6.87. The monoisotopic (exact) mass is 374 g/mol. The van der Waals surface area contributed by atoms with Crippen LogP contribution in [-0.4, -0.2) is 25.7 Å². The molecule has 1 aromatic carbocycles. The number of hydrogen-bond acceptors (Lipinski definition) is 4. The van der Waals surface area contributed by atoms with Gasteiger partial charge in [-0.25, -0.2) is 0 Å². The van der Waals surface area contributed by atoms with E-state index in [9.17, 15) is 4.79 Å². The first kappa shape index (κ1) is 19.2. The van der Waals surface area contributed by atoms with Crippen LogP contribution in [-0.2, 0) is 4.79 Å². The number of nitrogens with two attached hydrogens (primary N) is 1. The van der Waals surface area contributed by atoms with E-state index in [1.165, 1.54) is 6.42 Å². The van der Waals surface area contributed by atoms with Crippen LogP contribution in [0.5, 0.6) is 11.5 Å². The van der Waals surface area contributed by atoms with Gasteiger partial charge >= 0.3 is 0 Å². The maximum atomic E-state index is 12.5. The Morgan fingerprint density at radius 3 is 2.42 bits per heavy atom. The molecule has 1 fully saturated rings. The van der Waals surface area contributed by atoms with E-state index in [1.54, 1.807) is 12.1 Å². The number of carbonyl (C=O) groups is 1. The Kier molecular flexibility index (Phi) is 6.61. The van der Waals surface area contributed by atoms with Crippen LogP contribution in [0.15, 0.2) is 12.1 Å². The molecule has 0 aromatic heterocycles. The second-order valence-electron chi connectivity index (χ2n) is 6.47. The summed E-state index contributed by atoms with van der Waals surface area (Å²) in [4.78, 5) is 12.5. The summed E-state index contributed by atoms with van der Waals surface area (Å²) >= 11 is 6.24. The number of fused-ring (bicyclic) bond motifs is 1. The third kappa shape index (κ3) is 4.26. The first-order valence-electron chi connectivity index (χ1n) is 8.21. The predicted molar refractivity (Wildman–Crippen MR) is 97.5 cm³/mol. The topological polar surface area (TPSA) is 73.6 Å². The van der Waals surface area contributed by atoms with Crippen molar-refractivity contribution < 1.29 is 14.3 Å². The van der Waals surface area contributed by atoms with Gasteiger partial charge in [0.1, 0.15) is 13.2 Å². The number of anilines is 1. The highest BCUT2D eigenvalue weighted by atomic mass is 35.5. The van der Waals surface area contributed by atoms with Crippen LogP contribution < -0.4 is 20.5 Å². The molecule has 3 N–H and O–H groups in total. The number of rotatable bonds is 4. The van der Waals surface area contributed by atoms with Crippen LogP contribution in [0.2, 0.25) is 5.02 Å². The van der Waals surface area contributed by atoms with Crippen molar-refractivity contribution in [3.05, 3.63) is 17.2 Å². The normalized spacial score (nSPS) is 18.4. The lowest BCUT2D eigenvalue weighted by Crippen LogP contribution is -2.36. The summed E-state index contributed by atoms with van der Waals surface area (Å²) in [6.07, 6.45) is 6.01. The second kappa shape index (κ2) is 8.28. The number of amides is 1. The molecular weight excluding hydrogens is 351 g/mol. The highest BCUT2D eigenvalue weighted by molar-refractivity contribution is 6.34. The standard InChI is InChI=1S/C17H23ClN2O3.ClH/c18-12-8-14-15(23-7-6-22-14)9-13(12)20-16(21)10-17(11-19)4-2-1-3-5-17;/h8-9H,1-7,10-11,19H2,(H,20,21);1H. The lowest BCUT2D eigenvalue weighted by Gasteiger charge is -2.35. The van der Waals surface area contributed by atoms with Crippen LogP contribution in [0, 0.1) is 5.41 Å². The molecule has 5 nitrogen and oxygen atoms in total. The molecule has 0 radical (unpaired) electrons.